The molecule has 0 amide bonds. The molecule has 0 aliphatic carbocycles. The summed E-state index contributed by atoms with van der Waals surface area (Å²) in [6, 6.07) is 10.1. The van der Waals surface area contributed by atoms with Gasteiger partial charge in [-0.15, -0.1) is 0 Å². The molecular formula is C16H21N5O. The van der Waals surface area contributed by atoms with Gasteiger partial charge >= 0.3 is 0 Å². The minimum absolute atomic E-state index is 0.0444. The molecule has 4 N–H and O–H groups in total. The molecule has 0 bridgehead atoms. The van der Waals surface area contributed by atoms with Crippen LogP contribution in [-0.4, -0.2) is 35.3 Å². The van der Waals surface area contributed by atoms with Crippen LogP contribution in [0.3, 0.4) is 0 Å². The van der Waals surface area contributed by atoms with E-state index >= 15 is 0 Å². The van der Waals surface area contributed by atoms with E-state index in [1.807, 2.05) is 18.2 Å². The fraction of sp³-hybridized carbons (Fsp3) is 0.375. The van der Waals surface area contributed by atoms with Gasteiger partial charge in [-0.1, -0.05) is 12.1 Å². The Bertz CT molecular complexity index is 633. The highest BCUT2D eigenvalue weighted by Crippen LogP contribution is 2.17. The third-order valence-corrected chi connectivity index (χ3v) is 3.67. The average Bonchev–Trinajstić information content (AvgIpc) is 2.50. The number of aromatic nitrogens is 2. The maximum atomic E-state index is 6.09. The molecule has 2 heterocycles. The number of hydrogen-bond donors (Lipinski definition) is 3. The Kier molecular flexibility index (Phi) is 4.50. The first kappa shape index (κ1) is 14.7. The maximum Gasteiger partial charge on any atom is 0.224 e. The Morgan fingerprint density at radius 1 is 1.32 bits per heavy atom. The molecule has 3 rings (SSSR count). The fourth-order valence-electron chi connectivity index (χ4n) is 2.44. The van der Waals surface area contributed by atoms with Gasteiger partial charge in [0.25, 0.3) is 0 Å². The van der Waals surface area contributed by atoms with E-state index in [1.165, 1.54) is 5.56 Å². The van der Waals surface area contributed by atoms with Crippen LogP contribution in [0.2, 0.25) is 0 Å². The van der Waals surface area contributed by atoms with Gasteiger partial charge in [-0.05, 0) is 37.1 Å². The van der Waals surface area contributed by atoms with Crippen molar-refractivity contribution in [2.45, 2.75) is 25.4 Å². The highest BCUT2D eigenvalue weighted by atomic mass is 16.5. The molecule has 22 heavy (non-hydrogen) atoms. The first-order chi connectivity index (χ1) is 10.7. The minimum atomic E-state index is 0.0444. The molecule has 116 valence electrons. The van der Waals surface area contributed by atoms with Crippen LogP contribution >= 0.6 is 0 Å². The van der Waals surface area contributed by atoms with Crippen molar-refractivity contribution in [1.82, 2.24) is 9.97 Å². The summed E-state index contributed by atoms with van der Waals surface area (Å²) in [5.74, 6) is 1.30. The Morgan fingerprint density at radius 2 is 2.23 bits per heavy atom. The summed E-state index contributed by atoms with van der Waals surface area (Å²) in [6.07, 6.45) is 2.57. The summed E-state index contributed by atoms with van der Waals surface area (Å²) in [5.41, 5.74) is 8.29. The van der Waals surface area contributed by atoms with Gasteiger partial charge in [-0.25, -0.2) is 4.98 Å². The monoisotopic (exact) mass is 299 g/mol. The summed E-state index contributed by atoms with van der Waals surface area (Å²) in [7, 11) is 0. The summed E-state index contributed by atoms with van der Waals surface area (Å²) in [5, 5.41) is 6.54. The van der Waals surface area contributed by atoms with Crippen molar-refractivity contribution in [3.05, 3.63) is 42.1 Å². The van der Waals surface area contributed by atoms with Gasteiger partial charge in [-0.2, -0.15) is 4.98 Å². The van der Waals surface area contributed by atoms with Crippen LogP contribution in [0, 0.1) is 6.92 Å². The van der Waals surface area contributed by atoms with Gasteiger partial charge in [0.15, 0.2) is 0 Å². The third kappa shape index (κ3) is 3.72. The SMILES string of the molecule is Cc1cccc(Nc2ccnc(N[C@@H]3COCC[C@@H]3N)n2)c1. The Labute approximate surface area is 130 Å². The van der Waals surface area contributed by atoms with Crippen LogP contribution in [0.15, 0.2) is 36.5 Å². The van der Waals surface area contributed by atoms with Gasteiger partial charge in [0.05, 0.1) is 12.6 Å². The molecule has 1 aromatic heterocycles. The standard InChI is InChI=1S/C16H21N5O/c1-11-3-2-4-12(9-11)19-15-5-7-18-16(21-15)20-14-10-22-8-6-13(14)17/h2-5,7,9,13-14H,6,8,10,17H2,1H3,(H2,18,19,20,21)/t13-,14+/m0/s1. The minimum Gasteiger partial charge on any atom is -0.379 e. The zero-order valence-corrected chi connectivity index (χ0v) is 12.6. The first-order valence-electron chi connectivity index (χ1n) is 7.47. The molecule has 1 aromatic carbocycles. The second-order valence-corrected chi connectivity index (χ2v) is 5.54. The van der Waals surface area contributed by atoms with Gasteiger partial charge in [0, 0.05) is 24.5 Å². The number of anilines is 3. The number of nitrogens with one attached hydrogen (secondary N) is 2. The van der Waals surface area contributed by atoms with Crippen LogP contribution in [0.25, 0.3) is 0 Å². The van der Waals surface area contributed by atoms with E-state index in [-0.39, 0.29) is 12.1 Å². The lowest BCUT2D eigenvalue weighted by molar-refractivity contribution is 0.0766. The zero-order valence-electron chi connectivity index (χ0n) is 12.6. The van der Waals surface area contributed by atoms with E-state index < -0.39 is 0 Å². The van der Waals surface area contributed by atoms with Crippen molar-refractivity contribution in [3.63, 3.8) is 0 Å². The van der Waals surface area contributed by atoms with Crippen LogP contribution in [0.4, 0.5) is 17.5 Å². The molecule has 0 saturated carbocycles. The molecule has 1 aliphatic heterocycles. The molecule has 2 aromatic rings. The topological polar surface area (TPSA) is 85.1 Å². The van der Waals surface area contributed by atoms with Crippen molar-refractivity contribution in [2.75, 3.05) is 23.8 Å². The lowest BCUT2D eigenvalue weighted by Gasteiger charge is -2.29. The number of ether oxygens (including phenoxy) is 1. The Hall–Kier alpha value is -2.18. The third-order valence-electron chi connectivity index (χ3n) is 3.67. The summed E-state index contributed by atoms with van der Waals surface area (Å²) in [4.78, 5) is 8.74. The van der Waals surface area contributed by atoms with Crippen molar-refractivity contribution < 1.29 is 4.74 Å². The van der Waals surface area contributed by atoms with E-state index in [9.17, 15) is 0 Å². The number of nitrogens with two attached hydrogens (primary N) is 1. The summed E-state index contributed by atoms with van der Waals surface area (Å²) < 4.78 is 5.45. The van der Waals surface area contributed by atoms with Crippen molar-refractivity contribution >= 4 is 17.5 Å². The summed E-state index contributed by atoms with van der Waals surface area (Å²) in [6.45, 7) is 3.36. The molecule has 0 spiro atoms. The lowest BCUT2D eigenvalue weighted by Crippen LogP contribution is -2.47. The van der Waals surface area contributed by atoms with Gasteiger partial charge < -0.3 is 21.1 Å². The highest BCUT2D eigenvalue weighted by molar-refractivity contribution is 5.57. The van der Waals surface area contributed by atoms with Crippen molar-refractivity contribution in [1.29, 1.82) is 0 Å². The van der Waals surface area contributed by atoms with Gasteiger partial charge in [0.1, 0.15) is 5.82 Å². The van der Waals surface area contributed by atoms with Crippen molar-refractivity contribution in [3.8, 4) is 0 Å². The van der Waals surface area contributed by atoms with E-state index in [2.05, 4.69) is 39.7 Å². The predicted molar refractivity (Wildman–Crippen MR) is 87.3 cm³/mol. The number of nitrogens with zero attached hydrogens (tertiary/aromatic N) is 2. The second-order valence-electron chi connectivity index (χ2n) is 5.54. The summed E-state index contributed by atoms with van der Waals surface area (Å²) >= 11 is 0. The fourth-order valence-corrected chi connectivity index (χ4v) is 2.44. The molecule has 6 nitrogen and oxygen atoms in total. The highest BCUT2D eigenvalue weighted by Gasteiger charge is 2.22. The molecule has 1 saturated heterocycles. The van der Waals surface area contributed by atoms with Crippen LogP contribution in [0.5, 0.6) is 0 Å². The maximum absolute atomic E-state index is 6.09. The molecule has 2 atom stereocenters. The molecule has 1 fully saturated rings. The van der Waals surface area contributed by atoms with Crippen molar-refractivity contribution in [2.24, 2.45) is 5.73 Å². The molecular weight excluding hydrogens is 278 g/mol. The van der Waals surface area contributed by atoms with Gasteiger partial charge in [-0.3, -0.25) is 0 Å². The van der Waals surface area contributed by atoms with Gasteiger partial charge in [0.2, 0.25) is 5.95 Å². The normalized spacial score (nSPS) is 21.4. The lowest BCUT2D eigenvalue weighted by atomic mass is 10.1. The van der Waals surface area contributed by atoms with E-state index in [4.69, 9.17) is 10.5 Å². The largest absolute Gasteiger partial charge is 0.379 e. The number of aryl methyl sites for hydroxylation is 1. The predicted octanol–water partition coefficient (Wildman–Crippen LogP) is 2.06. The quantitative estimate of drug-likeness (QED) is 0.801. The van der Waals surface area contributed by atoms with E-state index in [0.717, 1.165) is 24.5 Å². The molecule has 1 aliphatic rings. The Balaban J connectivity index is 1.69. The van der Waals surface area contributed by atoms with E-state index in [1.54, 1.807) is 6.20 Å². The molecule has 0 radical (unpaired) electrons. The molecule has 0 unspecified atom stereocenters. The smallest absolute Gasteiger partial charge is 0.224 e. The average molecular weight is 299 g/mol. The van der Waals surface area contributed by atoms with Crippen LogP contribution in [-0.2, 0) is 4.74 Å². The van der Waals surface area contributed by atoms with Crippen LogP contribution < -0.4 is 16.4 Å². The number of hydrogen-bond acceptors (Lipinski definition) is 6. The second kappa shape index (κ2) is 6.72. The number of benzene rings is 1. The van der Waals surface area contributed by atoms with Crippen LogP contribution in [0.1, 0.15) is 12.0 Å². The Morgan fingerprint density at radius 3 is 3.05 bits per heavy atom. The zero-order chi connectivity index (χ0) is 15.4. The number of rotatable bonds is 4. The molecule has 6 heteroatoms. The van der Waals surface area contributed by atoms with E-state index in [0.29, 0.717) is 12.6 Å². The first-order valence-corrected chi connectivity index (χ1v) is 7.47.